The molecular weight excluding hydrogens is 272 g/mol. The molecule has 1 aromatic rings. The van der Waals surface area contributed by atoms with Crippen LogP contribution in [0.2, 0.25) is 0 Å². The fourth-order valence-corrected chi connectivity index (χ4v) is 1.82. The molecule has 0 aliphatic carbocycles. The highest BCUT2D eigenvalue weighted by Gasteiger charge is 2.16. The number of benzene rings is 1. The van der Waals surface area contributed by atoms with Gasteiger partial charge in [-0.05, 0) is 38.1 Å². The number of hydrogen-bond donors (Lipinski definition) is 1. The number of carbonyl (C=O) groups is 3. The summed E-state index contributed by atoms with van der Waals surface area (Å²) in [5, 5.41) is 2.68. The van der Waals surface area contributed by atoms with Crippen LogP contribution in [-0.4, -0.2) is 42.4 Å². The molecular formula is C15H20N2O4. The van der Waals surface area contributed by atoms with Crippen LogP contribution in [0.1, 0.15) is 31.1 Å². The van der Waals surface area contributed by atoms with Gasteiger partial charge in [0.15, 0.2) is 0 Å². The third kappa shape index (κ3) is 4.91. The van der Waals surface area contributed by atoms with E-state index in [1.807, 2.05) is 13.8 Å². The molecule has 0 fully saturated rings. The highest BCUT2D eigenvalue weighted by Crippen LogP contribution is 2.10. The zero-order valence-electron chi connectivity index (χ0n) is 12.7. The first kappa shape index (κ1) is 16.7. The topological polar surface area (TPSA) is 75.7 Å². The Morgan fingerprint density at radius 1 is 1.19 bits per heavy atom. The fourth-order valence-electron chi connectivity index (χ4n) is 1.82. The van der Waals surface area contributed by atoms with Gasteiger partial charge in [0.25, 0.3) is 0 Å². The van der Waals surface area contributed by atoms with Crippen LogP contribution in [0.4, 0.5) is 5.69 Å². The first-order valence-corrected chi connectivity index (χ1v) is 6.60. The van der Waals surface area contributed by atoms with Crippen LogP contribution in [0.3, 0.4) is 0 Å². The molecule has 1 aromatic carbocycles. The maximum atomic E-state index is 11.9. The minimum absolute atomic E-state index is 0.00818. The Hall–Kier alpha value is -2.37. The minimum atomic E-state index is -0.435. The predicted molar refractivity (Wildman–Crippen MR) is 78.9 cm³/mol. The average molecular weight is 292 g/mol. The summed E-state index contributed by atoms with van der Waals surface area (Å²) in [4.78, 5) is 36.1. The molecule has 21 heavy (non-hydrogen) atoms. The fraction of sp³-hybridized carbons (Fsp3) is 0.400. The molecule has 0 saturated carbocycles. The number of carbonyl (C=O) groups excluding carboxylic acids is 3. The van der Waals surface area contributed by atoms with Crippen LogP contribution in [0.15, 0.2) is 24.3 Å². The van der Waals surface area contributed by atoms with Crippen molar-refractivity contribution in [1.29, 1.82) is 0 Å². The number of ether oxygens (including phenoxy) is 1. The maximum Gasteiger partial charge on any atom is 0.337 e. The van der Waals surface area contributed by atoms with Crippen molar-refractivity contribution >= 4 is 23.5 Å². The summed E-state index contributed by atoms with van der Waals surface area (Å²) in [7, 11) is 1.31. The number of hydrogen-bond acceptors (Lipinski definition) is 4. The van der Waals surface area contributed by atoms with Gasteiger partial charge >= 0.3 is 5.97 Å². The Morgan fingerprint density at radius 2 is 1.76 bits per heavy atom. The molecule has 114 valence electrons. The lowest BCUT2D eigenvalue weighted by molar-refractivity contribution is -0.134. The van der Waals surface area contributed by atoms with Crippen molar-refractivity contribution in [1.82, 2.24) is 4.90 Å². The lowest BCUT2D eigenvalue weighted by Gasteiger charge is -2.24. The summed E-state index contributed by atoms with van der Waals surface area (Å²) in [5.74, 6) is -0.874. The van der Waals surface area contributed by atoms with Gasteiger partial charge in [-0.25, -0.2) is 4.79 Å². The first-order chi connectivity index (χ1) is 9.85. The van der Waals surface area contributed by atoms with Crippen LogP contribution >= 0.6 is 0 Å². The lowest BCUT2D eigenvalue weighted by atomic mass is 10.2. The van der Waals surface area contributed by atoms with Gasteiger partial charge in [-0.2, -0.15) is 0 Å². The van der Waals surface area contributed by atoms with Gasteiger partial charge in [-0.1, -0.05) is 0 Å². The standard InChI is InChI=1S/C15H20N2O4/c1-10(2)17(11(3)18)9-14(19)16-13-7-5-12(6-8-13)15(20)21-4/h5-8,10H,9H2,1-4H3,(H,16,19). The highest BCUT2D eigenvalue weighted by molar-refractivity contribution is 5.95. The van der Waals surface area contributed by atoms with Gasteiger partial charge in [0.05, 0.1) is 12.7 Å². The van der Waals surface area contributed by atoms with Crippen molar-refractivity contribution < 1.29 is 19.1 Å². The Bertz CT molecular complexity index is 523. The van der Waals surface area contributed by atoms with Crippen LogP contribution in [0, 0.1) is 0 Å². The van der Waals surface area contributed by atoms with Gasteiger partial charge in [-0.3, -0.25) is 9.59 Å². The van der Waals surface area contributed by atoms with Gasteiger partial charge in [0.1, 0.15) is 6.54 Å². The van der Waals surface area contributed by atoms with Gasteiger partial charge in [-0.15, -0.1) is 0 Å². The van der Waals surface area contributed by atoms with Crippen LogP contribution in [-0.2, 0) is 14.3 Å². The molecule has 1 N–H and O–H groups in total. The van der Waals surface area contributed by atoms with Crippen molar-refractivity contribution in [3.63, 3.8) is 0 Å². The largest absolute Gasteiger partial charge is 0.465 e. The van der Waals surface area contributed by atoms with Crippen LogP contribution in [0.25, 0.3) is 0 Å². The van der Waals surface area contributed by atoms with E-state index in [-0.39, 0.29) is 24.4 Å². The maximum absolute atomic E-state index is 11.9. The van der Waals surface area contributed by atoms with Crippen LogP contribution < -0.4 is 5.32 Å². The molecule has 0 heterocycles. The number of amides is 2. The molecule has 6 heteroatoms. The zero-order valence-corrected chi connectivity index (χ0v) is 12.7. The number of methoxy groups -OCH3 is 1. The molecule has 6 nitrogen and oxygen atoms in total. The minimum Gasteiger partial charge on any atom is -0.465 e. The van der Waals surface area contributed by atoms with Crippen LogP contribution in [0.5, 0.6) is 0 Å². The molecule has 0 saturated heterocycles. The molecule has 0 bridgehead atoms. The predicted octanol–water partition coefficient (Wildman–Crippen LogP) is 1.67. The van der Waals surface area contributed by atoms with E-state index in [9.17, 15) is 14.4 Å². The monoisotopic (exact) mass is 292 g/mol. The Kier molecular flexibility index (Phi) is 5.90. The van der Waals surface area contributed by atoms with Crippen molar-refractivity contribution in [3.8, 4) is 0 Å². The van der Waals surface area contributed by atoms with E-state index < -0.39 is 5.97 Å². The van der Waals surface area contributed by atoms with E-state index >= 15 is 0 Å². The third-order valence-corrected chi connectivity index (χ3v) is 2.93. The number of esters is 1. The smallest absolute Gasteiger partial charge is 0.337 e. The van der Waals surface area contributed by atoms with Crippen molar-refractivity contribution in [2.45, 2.75) is 26.8 Å². The molecule has 0 unspecified atom stereocenters. The molecule has 0 radical (unpaired) electrons. The summed E-state index contributed by atoms with van der Waals surface area (Å²) < 4.78 is 4.59. The number of nitrogens with one attached hydrogen (secondary N) is 1. The molecule has 1 rings (SSSR count). The molecule has 0 aliphatic rings. The first-order valence-electron chi connectivity index (χ1n) is 6.60. The van der Waals surface area contributed by atoms with Crippen molar-refractivity contribution in [3.05, 3.63) is 29.8 Å². The molecule has 2 amide bonds. The third-order valence-electron chi connectivity index (χ3n) is 2.93. The summed E-state index contributed by atoms with van der Waals surface area (Å²) in [6, 6.07) is 6.30. The van der Waals surface area contributed by atoms with E-state index in [1.165, 1.54) is 18.9 Å². The molecule has 0 spiro atoms. The van der Waals surface area contributed by atoms with Gasteiger partial charge < -0.3 is 15.0 Å². The average Bonchev–Trinajstić information content (AvgIpc) is 2.44. The van der Waals surface area contributed by atoms with Gasteiger partial charge in [0.2, 0.25) is 11.8 Å². The van der Waals surface area contributed by atoms with E-state index in [0.717, 1.165) is 0 Å². The SMILES string of the molecule is COC(=O)c1ccc(NC(=O)CN(C(C)=O)C(C)C)cc1. The summed E-state index contributed by atoms with van der Waals surface area (Å²) in [6.07, 6.45) is 0. The summed E-state index contributed by atoms with van der Waals surface area (Å²) >= 11 is 0. The van der Waals surface area contributed by atoms with E-state index in [1.54, 1.807) is 24.3 Å². The Labute approximate surface area is 124 Å². The number of rotatable bonds is 5. The number of nitrogens with zero attached hydrogens (tertiary/aromatic N) is 1. The summed E-state index contributed by atoms with van der Waals surface area (Å²) in [5.41, 5.74) is 0.961. The van der Waals surface area contributed by atoms with Crippen molar-refractivity contribution in [2.75, 3.05) is 19.0 Å². The lowest BCUT2D eigenvalue weighted by Crippen LogP contribution is -2.41. The zero-order chi connectivity index (χ0) is 16.0. The molecule has 0 aliphatic heterocycles. The number of anilines is 1. The quantitative estimate of drug-likeness (QED) is 0.838. The second kappa shape index (κ2) is 7.42. The second-order valence-electron chi connectivity index (χ2n) is 4.86. The summed E-state index contributed by atoms with van der Waals surface area (Å²) in [6.45, 7) is 5.11. The van der Waals surface area contributed by atoms with Gasteiger partial charge in [0, 0.05) is 18.7 Å². The van der Waals surface area contributed by atoms with Crippen molar-refractivity contribution in [2.24, 2.45) is 0 Å². The highest BCUT2D eigenvalue weighted by atomic mass is 16.5. The second-order valence-corrected chi connectivity index (χ2v) is 4.86. The normalized spacial score (nSPS) is 10.1. The molecule has 0 atom stereocenters. The van der Waals surface area contributed by atoms with E-state index in [0.29, 0.717) is 11.3 Å². The Morgan fingerprint density at radius 3 is 2.19 bits per heavy atom. The Balaban J connectivity index is 2.66. The molecule has 0 aromatic heterocycles. The van der Waals surface area contributed by atoms with E-state index in [2.05, 4.69) is 10.1 Å². The van der Waals surface area contributed by atoms with E-state index in [4.69, 9.17) is 0 Å².